The number of furan rings is 1. The van der Waals surface area contributed by atoms with Crippen LogP contribution in [0.15, 0.2) is 235 Å². The van der Waals surface area contributed by atoms with Crippen LogP contribution in [-0.2, 0) is 5.41 Å². The quantitative estimate of drug-likeness (QED) is 0.173. The number of rotatable bonds is 5. The highest BCUT2D eigenvalue weighted by Crippen LogP contribution is 2.64. The van der Waals surface area contributed by atoms with Crippen LogP contribution in [0.25, 0.3) is 121 Å². The fourth-order valence-corrected chi connectivity index (χ4v) is 13.1. The smallest absolute Gasteiger partial charge is 0.161 e. The van der Waals surface area contributed by atoms with Gasteiger partial charge in [-0.05, 0) is 103 Å². The van der Waals surface area contributed by atoms with E-state index in [1.54, 1.807) is 0 Å². The molecule has 0 aliphatic heterocycles. The lowest BCUT2D eigenvalue weighted by Gasteiger charge is -2.30. The standard InChI is InChI=1S/C65H38N2OS/c1-2-17-39(18-3-1)41-19-4-5-22-45(41)55-38-56(67-64(66-55)49-27-16-34-60-63(49)48-24-9-13-33-59(48)69-60)47-26-15-32-58-62(47)50-37-40(35-36-57(50)68-58)42-25-14-31-54-61(42)46-23-8-12-30-53(46)65(54)51-28-10-6-20-43(51)44-21-7-11-29-52(44)65/h1-38H. The largest absolute Gasteiger partial charge is 0.456 e. The molecular weight excluding hydrogens is 857 g/mol. The Balaban J connectivity index is 0.965. The van der Waals surface area contributed by atoms with Crippen molar-refractivity contribution in [1.29, 1.82) is 0 Å². The van der Waals surface area contributed by atoms with Crippen molar-refractivity contribution in [1.82, 2.24) is 9.97 Å². The second-order valence-electron chi connectivity index (χ2n) is 18.3. The molecule has 15 rings (SSSR count). The molecule has 0 unspecified atom stereocenters. The molecule has 0 bridgehead atoms. The van der Waals surface area contributed by atoms with Crippen molar-refractivity contribution in [2.24, 2.45) is 0 Å². The third-order valence-electron chi connectivity index (χ3n) is 14.8. The van der Waals surface area contributed by atoms with Crippen LogP contribution in [0.5, 0.6) is 0 Å². The second kappa shape index (κ2) is 14.6. The third-order valence-corrected chi connectivity index (χ3v) is 15.9. The highest BCUT2D eigenvalue weighted by atomic mass is 32.1. The van der Waals surface area contributed by atoms with Gasteiger partial charge >= 0.3 is 0 Å². The van der Waals surface area contributed by atoms with Crippen LogP contribution in [0.3, 0.4) is 0 Å². The van der Waals surface area contributed by atoms with E-state index in [0.29, 0.717) is 5.82 Å². The lowest BCUT2D eigenvalue weighted by molar-refractivity contribution is 0.669. The van der Waals surface area contributed by atoms with E-state index in [9.17, 15) is 0 Å². The molecular formula is C65H38N2OS. The maximum atomic E-state index is 6.77. The molecule has 0 saturated heterocycles. The maximum Gasteiger partial charge on any atom is 0.161 e. The average Bonchev–Trinajstić information content (AvgIpc) is 4.16. The van der Waals surface area contributed by atoms with E-state index in [-0.39, 0.29) is 0 Å². The Kier molecular flexibility index (Phi) is 8.15. The first-order chi connectivity index (χ1) is 34.2. The summed E-state index contributed by atoms with van der Waals surface area (Å²) in [6.45, 7) is 0. The summed E-state index contributed by atoms with van der Waals surface area (Å²) in [5.74, 6) is 0.688. The number of benzene rings is 10. The van der Waals surface area contributed by atoms with Gasteiger partial charge in [0, 0.05) is 47.6 Å². The molecule has 2 aliphatic carbocycles. The van der Waals surface area contributed by atoms with Crippen molar-refractivity contribution in [3.05, 3.63) is 253 Å². The van der Waals surface area contributed by atoms with Crippen LogP contribution >= 0.6 is 11.3 Å². The summed E-state index contributed by atoms with van der Waals surface area (Å²) in [5.41, 5.74) is 21.1. The van der Waals surface area contributed by atoms with Gasteiger partial charge in [-0.1, -0.05) is 194 Å². The van der Waals surface area contributed by atoms with Gasteiger partial charge in [-0.2, -0.15) is 0 Å². The molecule has 320 valence electrons. The molecule has 0 N–H and O–H groups in total. The Morgan fingerprint density at radius 2 is 0.899 bits per heavy atom. The molecule has 0 amide bonds. The Hall–Kier alpha value is -8.70. The zero-order chi connectivity index (χ0) is 45.2. The number of thiophene rings is 1. The van der Waals surface area contributed by atoms with Crippen LogP contribution < -0.4 is 0 Å². The van der Waals surface area contributed by atoms with Gasteiger partial charge in [-0.3, -0.25) is 0 Å². The van der Waals surface area contributed by atoms with Crippen LogP contribution in [0.1, 0.15) is 22.3 Å². The summed E-state index contributed by atoms with van der Waals surface area (Å²) in [4.78, 5) is 11.0. The Bertz CT molecular complexity index is 4230. The zero-order valence-corrected chi connectivity index (χ0v) is 38.0. The highest BCUT2D eigenvalue weighted by Gasteiger charge is 2.52. The topological polar surface area (TPSA) is 38.9 Å². The molecule has 0 atom stereocenters. The SMILES string of the molecule is c1ccc(-c2ccccc2-c2cc(-c3cccc4oc5ccc(-c6cccc7c6-c6ccccc6C76c7ccccc7-c7ccccc76)cc5c34)nc(-c3cccc4sc5ccccc5c34)n2)cc1. The first-order valence-corrected chi connectivity index (χ1v) is 24.4. The van der Waals surface area contributed by atoms with Gasteiger partial charge in [0.05, 0.1) is 16.8 Å². The fraction of sp³-hybridized carbons (Fsp3) is 0.0154. The van der Waals surface area contributed by atoms with Crippen molar-refractivity contribution >= 4 is 53.4 Å². The summed E-state index contributed by atoms with van der Waals surface area (Å²) in [6, 6.07) is 83.6. The summed E-state index contributed by atoms with van der Waals surface area (Å²) in [6.07, 6.45) is 0. The summed E-state index contributed by atoms with van der Waals surface area (Å²) >= 11 is 1.81. The molecule has 2 aliphatic rings. The van der Waals surface area contributed by atoms with E-state index in [0.717, 1.165) is 66.7 Å². The molecule has 3 aromatic heterocycles. The van der Waals surface area contributed by atoms with Crippen molar-refractivity contribution in [3.63, 3.8) is 0 Å². The van der Waals surface area contributed by atoms with Gasteiger partial charge in [-0.25, -0.2) is 9.97 Å². The summed E-state index contributed by atoms with van der Waals surface area (Å²) in [5, 5.41) is 4.47. The molecule has 0 radical (unpaired) electrons. The monoisotopic (exact) mass is 894 g/mol. The Morgan fingerprint density at radius 3 is 1.70 bits per heavy atom. The maximum absolute atomic E-state index is 6.77. The molecule has 4 heteroatoms. The fourth-order valence-electron chi connectivity index (χ4n) is 12.0. The Morgan fingerprint density at radius 1 is 0.333 bits per heavy atom. The van der Waals surface area contributed by atoms with Gasteiger partial charge in [0.1, 0.15) is 11.2 Å². The number of hydrogen-bond donors (Lipinski definition) is 0. The molecule has 1 spiro atoms. The predicted molar refractivity (Wildman–Crippen MR) is 286 cm³/mol. The van der Waals surface area contributed by atoms with Crippen LogP contribution in [-0.4, -0.2) is 9.97 Å². The second-order valence-corrected chi connectivity index (χ2v) is 19.3. The minimum Gasteiger partial charge on any atom is -0.456 e. The molecule has 69 heavy (non-hydrogen) atoms. The first kappa shape index (κ1) is 38.4. The normalized spacial score (nSPS) is 13.0. The zero-order valence-electron chi connectivity index (χ0n) is 37.2. The third kappa shape index (κ3) is 5.43. The van der Waals surface area contributed by atoms with E-state index >= 15 is 0 Å². The van der Waals surface area contributed by atoms with Crippen molar-refractivity contribution in [3.8, 4) is 78.4 Å². The molecule has 0 fully saturated rings. The average molecular weight is 895 g/mol. The van der Waals surface area contributed by atoms with Crippen molar-refractivity contribution in [2.45, 2.75) is 5.41 Å². The van der Waals surface area contributed by atoms with Gasteiger partial charge in [0.2, 0.25) is 0 Å². The predicted octanol–water partition coefficient (Wildman–Crippen LogP) is 17.4. The van der Waals surface area contributed by atoms with Crippen molar-refractivity contribution in [2.75, 3.05) is 0 Å². The van der Waals surface area contributed by atoms with Gasteiger partial charge < -0.3 is 4.42 Å². The number of nitrogens with zero attached hydrogens (tertiary/aromatic N) is 2. The molecule has 13 aromatic rings. The van der Waals surface area contributed by atoms with Crippen LogP contribution in [0, 0.1) is 0 Å². The minimum absolute atomic E-state index is 0.421. The van der Waals surface area contributed by atoms with E-state index < -0.39 is 5.41 Å². The number of aromatic nitrogens is 2. The number of fused-ring (bicyclic) bond motifs is 16. The minimum atomic E-state index is -0.421. The summed E-state index contributed by atoms with van der Waals surface area (Å²) in [7, 11) is 0. The van der Waals surface area contributed by atoms with E-state index in [4.69, 9.17) is 14.4 Å². The van der Waals surface area contributed by atoms with Gasteiger partial charge in [-0.15, -0.1) is 11.3 Å². The Labute approximate surface area is 402 Å². The van der Waals surface area contributed by atoms with E-state index in [2.05, 4.69) is 231 Å². The molecule has 10 aromatic carbocycles. The van der Waals surface area contributed by atoms with Crippen molar-refractivity contribution < 1.29 is 4.42 Å². The van der Waals surface area contributed by atoms with Gasteiger partial charge in [0.25, 0.3) is 0 Å². The summed E-state index contributed by atoms with van der Waals surface area (Å²) < 4.78 is 9.23. The number of hydrogen-bond acceptors (Lipinski definition) is 4. The van der Waals surface area contributed by atoms with E-state index in [1.807, 2.05) is 11.3 Å². The van der Waals surface area contributed by atoms with Gasteiger partial charge in [0.15, 0.2) is 5.82 Å². The lowest BCUT2D eigenvalue weighted by Crippen LogP contribution is -2.25. The van der Waals surface area contributed by atoms with Crippen LogP contribution in [0.4, 0.5) is 0 Å². The molecule has 3 nitrogen and oxygen atoms in total. The first-order valence-electron chi connectivity index (χ1n) is 23.6. The molecule has 3 heterocycles. The molecule has 0 saturated carbocycles. The highest BCUT2D eigenvalue weighted by molar-refractivity contribution is 7.25. The van der Waals surface area contributed by atoms with E-state index in [1.165, 1.54) is 70.2 Å². The van der Waals surface area contributed by atoms with Crippen LogP contribution in [0.2, 0.25) is 0 Å². The lowest BCUT2D eigenvalue weighted by atomic mass is 9.70.